The van der Waals surface area contributed by atoms with Crippen LogP contribution in [0.3, 0.4) is 0 Å². The van der Waals surface area contributed by atoms with E-state index < -0.39 is 0 Å². The molecule has 2 aliphatic heterocycles. The number of methoxy groups -OCH3 is 1. The van der Waals surface area contributed by atoms with Gasteiger partial charge in [0.15, 0.2) is 0 Å². The predicted molar refractivity (Wildman–Crippen MR) is 107 cm³/mol. The number of hydrogen-bond acceptors (Lipinski definition) is 6. The molecule has 29 heavy (non-hydrogen) atoms. The van der Waals surface area contributed by atoms with E-state index in [1.54, 1.807) is 18.3 Å². The van der Waals surface area contributed by atoms with Crippen LogP contribution in [-0.4, -0.2) is 84.7 Å². The molecule has 0 bridgehead atoms. The molecule has 3 fully saturated rings. The molecule has 1 N–H and O–H groups in total. The van der Waals surface area contributed by atoms with E-state index >= 15 is 0 Å². The lowest BCUT2D eigenvalue weighted by Gasteiger charge is -2.45. The van der Waals surface area contributed by atoms with Crippen LogP contribution in [0.5, 0.6) is 5.88 Å². The second kappa shape index (κ2) is 9.09. The second-order valence-electron chi connectivity index (χ2n) is 8.10. The van der Waals surface area contributed by atoms with Gasteiger partial charge in [0.25, 0.3) is 5.91 Å². The first-order valence-electron chi connectivity index (χ1n) is 10.6. The minimum absolute atomic E-state index is 0.0589. The fourth-order valence-electron chi connectivity index (χ4n) is 4.46. The summed E-state index contributed by atoms with van der Waals surface area (Å²) < 4.78 is 10.8. The van der Waals surface area contributed by atoms with E-state index in [9.17, 15) is 9.59 Å². The highest BCUT2D eigenvalue weighted by Gasteiger charge is 2.35. The summed E-state index contributed by atoms with van der Waals surface area (Å²) >= 11 is 0. The SMILES string of the molecule is COc1ncccc1C(=O)NCC1CN(C2CCN(C3CCC3)CC2)C(=O)CO1. The highest BCUT2D eigenvalue weighted by Crippen LogP contribution is 2.29. The Bertz CT molecular complexity index is 731. The van der Waals surface area contributed by atoms with E-state index in [1.165, 1.54) is 26.4 Å². The van der Waals surface area contributed by atoms with Gasteiger partial charge in [0.1, 0.15) is 12.2 Å². The highest BCUT2D eigenvalue weighted by atomic mass is 16.5. The van der Waals surface area contributed by atoms with Crippen LogP contribution in [0.1, 0.15) is 42.5 Å². The Kier molecular flexibility index (Phi) is 6.30. The molecule has 1 aliphatic carbocycles. The van der Waals surface area contributed by atoms with E-state index in [0.29, 0.717) is 24.5 Å². The van der Waals surface area contributed by atoms with Crippen molar-refractivity contribution in [3.63, 3.8) is 0 Å². The van der Waals surface area contributed by atoms with Crippen molar-refractivity contribution in [3.8, 4) is 5.88 Å². The molecular weight excluding hydrogens is 372 g/mol. The van der Waals surface area contributed by atoms with Crippen LogP contribution < -0.4 is 10.1 Å². The van der Waals surface area contributed by atoms with E-state index in [2.05, 4.69) is 15.2 Å². The van der Waals surface area contributed by atoms with Crippen LogP contribution in [0.15, 0.2) is 18.3 Å². The van der Waals surface area contributed by atoms with Gasteiger partial charge in [-0.3, -0.25) is 9.59 Å². The van der Waals surface area contributed by atoms with Crippen molar-refractivity contribution in [2.75, 3.05) is 39.9 Å². The lowest BCUT2D eigenvalue weighted by atomic mass is 9.89. The zero-order valence-corrected chi connectivity index (χ0v) is 17.0. The molecule has 1 saturated carbocycles. The summed E-state index contributed by atoms with van der Waals surface area (Å²) in [6, 6.07) is 4.42. The third-order valence-corrected chi connectivity index (χ3v) is 6.39. The first kappa shape index (κ1) is 20.1. The molecular formula is C21H30N4O4. The Balaban J connectivity index is 1.28. The van der Waals surface area contributed by atoms with Gasteiger partial charge in [-0.25, -0.2) is 4.98 Å². The number of nitrogens with zero attached hydrogens (tertiary/aromatic N) is 3. The zero-order valence-electron chi connectivity index (χ0n) is 17.0. The van der Waals surface area contributed by atoms with E-state index in [4.69, 9.17) is 9.47 Å². The molecule has 8 nitrogen and oxygen atoms in total. The molecule has 0 spiro atoms. The third kappa shape index (κ3) is 4.53. The summed E-state index contributed by atoms with van der Waals surface area (Å²) in [5.74, 6) is 0.101. The van der Waals surface area contributed by atoms with Crippen molar-refractivity contribution >= 4 is 11.8 Å². The number of carbonyl (C=O) groups is 2. The monoisotopic (exact) mass is 402 g/mol. The predicted octanol–water partition coefficient (Wildman–Crippen LogP) is 1.06. The Morgan fingerprint density at radius 1 is 1.28 bits per heavy atom. The van der Waals surface area contributed by atoms with Crippen molar-refractivity contribution in [3.05, 3.63) is 23.9 Å². The smallest absolute Gasteiger partial charge is 0.256 e. The molecule has 2 saturated heterocycles. The molecule has 1 aromatic heterocycles. The quantitative estimate of drug-likeness (QED) is 0.766. The summed E-state index contributed by atoms with van der Waals surface area (Å²) in [6.45, 7) is 3.10. The summed E-state index contributed by atoms with van der Waals surface area (Å²) in [7, 11) is 1.49. The van der Waals surface area contributed by atoms with Gasteiger partial charge in [0.2, 0.25) is 11.8 Å². The normalized spacial score (nSPS) is 24.2. The van der Waals surface area contributed by atoms with Gasteiger partial charge in [-0.2, -0.15) is 0 Å². The van der Waals surface area contributed by atoms with E-state index in [-0.39, 0.29) is 30.6 Å². The summed E-state index contributed by atoms with van der Waals surface area (Å²) in [5.41, 5.74) is 0.391. The standard InChI is InChI=1S/C21H30N4O4/c1-28-21-18(6-3-9-22-21)20(27)23-12-17-13-25(19(26)14-29-17)16-7-10-24(11-8-16)15-4-2-5-15/h3,6,9,15-17H,2,4-5,7-8,10-14H2,1H3,(H,23,27). The van der Waals surface area contributed by atoms with Crippen molar-refractivity contribution in [1.29, 1.82) is 0 Å². The number of pyridine rings is 1. The molecule has 158 valence electrons. The Labute approximate surface area is 171 Å². The van der Waals surface area contributed by atoms with Crippen LogP contribution in [0.2, 0.25) is 0 Å². The van der Waals surface area contributed by atoms with Gasteiger partial charge in [0.05, 0.1) is 13.2 Å². The zero-order chi connectivity index (χ0) is 20.2. The number of rotatable bonds is 6. The summed E-state index contributed by atoms with van der Waals surface area (Å²) in [4.78, 5) is 33.5. The van der Waals surface area contributed by atoms with Crippen LogP contribution in [-0.2, 0) is 9.53 Å². The van der Waals surface area contributed by atoms with Crippen molar-refractivity contribution < 1.29 is 19.1 Å². The fourth-order valence-corrected chi connectivity index (χ4v) is 4.46. The van der Waals surface area contributed by atoms with Gasteiger partial charge in [-0.15, -0.1) is 0 Å². The average Bonchev–Trinajstić information content (AvgIpc) is 2.72. The maximum absolute atomic E-state index is 12.5. The summed E-state index contributed by atoms with van der Waals surface area (Å²) in [6.07, 6.45) is 7.42. The third-order valence-electron chi connectivity index (χ3n) is 6.39. The number of likely N-dealkylation sites (tertiary alicyclic amines) is 1. The molecule has 0 radical (unpaired) electrons. The van der Waals surface area contributed by atoms with Gasteiger partial charge in [-0.05, 0) is 37.8 Å². The van der Waals surface area contributed by atoms with Crippen LogP contribution in [0.25, 0.3) is 0 Å². The molecule has 1 unspecified atom stereocenters. The van der Waals surface area contributed by atoms with E-state index in [0.717, 1.165) is 32.0 Å². The Morgan fingerprint density at radius 3 is 2.76 bits per heavy atom. The topological polar surface area (TPSA) is 84.0 Å². The number of amides is 2. The molecule has 3 heterocycles. The largest absolute Gasteiger partial charge is 0.480 e. The number of hydrogen-bond donors (Lipinski definition) is 1. The maximum Gasteiger partial charge on any atom is 0.256 e. The van der Waals surface area contributed by atoms with Gasteiger partial charge < -0.3 is 24.6 Å². The van der Waals surface area contributed by atoms with Crippen LogP contribution >= 0.6 is 0 Å². The average molecular weight is 402 g/mol. The van der Waals surface area contributed by atoms with Crippen LogP contribution in [0.4, 0.5) is 0 Å². The molecule has 0 aromatic carbocycles. The maximum atomic E-state index is 12.5. The minimum Gasteiger partial charge on any atom is -0.480 e. The molecule has 3 aliphatic rings. The fraction of sp³-hybridized carbons (Fsp3) is 0.667. The number of nitrogens with one attached hydrogen (secondary N) is 1. The lowest BCUT2D eigenvalue weighted by Crippen LogP contribution is -2.57. The lowest BCUT2D eigenvalue weighted by molar-refractivity contribution is -0.153. The van der Waals surface area contributed by atoms with Crippen molar-refractivity contribution in [2.45, 2.75) is 50.3 Å². The second-order valence-corrected chi connectivity index (χ2v) is 8.10. The van der Waals surface area contributed by atoms with E-state index in [1.807, 2.05) is 4.90 Å². The highest BCUT2D eigenvalue weighted by molar-refractivity contribution is 5.96. The first-order chi connectivity index (χ1) is 14.2. The van der Waals surface area contributed by atoms with Gasteiger partial charge in [-0.1, -0.05) is 6.42 Å². The molecule has 2 amide bonds. The Hall–Kier alpha value is -2.19. The van der Waals surface area contributed by atoms with Crippen molar-refractivity contribution in [1.82, 2.24) is 20.1 Å². The number of carbonyl (C=O) groups excluding carboxylic acids is 2. The molecule has 4 rings (SSSR count). The molecule has 1 atom stereocenters. The number of aromatic nitrogens is 1. The minimum atomic E-state index is -0.254. The summed E-state index contributed by atoms with van der Waals surface area (Å²) in [5, 5.41) is 2.89. The molecule has 1 aromatic rings. The molecule has 8 heteroatoms. The van der Waals surface area contributed by atoms with Crippen LogP contribution in [0, 0.1) is 0 Å². The van der Waals surface area contributed by atoms with Gasteiger partial charge >= 0.3 is 0 Å². The van der Waals surface area contributed by atoms with Gasteiger partial charge in [0, 0.05) is 44.5 Å². The Morgan fingerprint density at radius 2 is 2.07 bits per heavy atom. The van der Waals surface area contributed by atoms with Crippen molar-refractivity contribution in [2.24, 2.45) is 0 Å². The number of morpholine rings is 1. The number of piperidine rings is 1. The first-order valence-corrected chi connectivity index (χ1v) is 10.6. The number of ether oxygens (including phenoxy) is 2.